The summed E-state index contributed by atoms with van der Waals surface area (Å²) in [6.45, 7) is 0.199. The van der Waals surface area contributed by atoms with Crippen LogP contribution in [0.3, 0.4) is 0 Å². The first-order valence-electron chi connectivity index (χ1n) is 9.22. The van der Waals surface area contributed by atoms with Crippen LogP contribution in [-0.4, -0.2) is 61.4 Å². The lowest BCUT2D eigenvalue weighted by Gasteiger charge is -2.13. The number of pyridine rings is 1. The van der Waals surface area contributed by atoms with E-state index in [4.69, 9.17) is 14.2 Å². The summed E-state index contributed by atoms with van der Waals surface area (Å²) in [5, 5.41) is 2.28. The monoisotopic (exact) mass is 443 g/mol. The number of rotatable bonds is 8. The highest BCUT2D eigenvalue weighted by molar-refractivity contribution is 8.18. The second-order valence-corrected chi connectivity index (χ2v) is 7.28. The van der Waals surface area contributed by atoms with Crippen LogP contribution in [0.4, 0.5) is 4.79 Å². The zero-order chi connectivity index (χ0) is 22.4. The summed E-state index contributed by atoms with van der Waals surface area (Å²) in [6, 6.07) is 6.53. The van der Waals surface area contributed by atoms with Crippen LogP contribution in [0, 0.1) is 0 Å². The Hall–Kier alpha value is -3.53. The Bertz CT molecular complexity index is 1000. The molecule has 31 heavy (non-hydrogen) atoms. The molecule has 1 aromatic heterocycles. The number of imide groups is 1. The Morgan fingerprint density at radius 3 is 2.32 bits per heavy atom. The lowest BCUT2D eigenvalue weighted by Crippen LogP contribution is -2.37. The van der Waals surface area contributed by atoms with Gasteiger partial charge < -0.3 is 19.5 Å². The fourth-order valence-corrected chi connectivity index (χ4v) is 3.78. The number of nitrogens with one attached hydrogen (secondary N) is 1. The first-order chi connectivity index (χ1) is 15.0. The maximum absolute atomic E-state index is 12.7. The summed E-state index contributed by atoms with van der Waals surface area (Å²) in [5.41, 5.74) is 1.07. The van der Waals surface area contributed by atoms with Crippen LogP contribution >= 0.6 is 11.8 Å². The van der Waals surface area contributed by atoms with Gasteiger partial charge in [0.25, 0.3) is 17.1 Å². The average Bonchev–Trinajstić information content (AvgIpc) is 3.06. The van der Waals surface area contributed by atoms with Crippen molar-refractivity contribution in [2.24, 2.45) is 0 Å². The van der Waals surface area contributed by atoms with Crippen LogP contribution in [0.15, 0.2) is 41.6 Å². The van der Waals surface area contributed by atoms with Gasteiger partial charge in [-0.2, -0.15) is 0 Å². The number of benzene rings is 1. The van der Waals surface area contributed by atoms with E-state index >= 15 is 0 Å². The number of amides is 3. The summed E-state index contributed by atoms with van der Waals surface area (Å²) >= 11 is 0.833. The van der Waals surface area contributed by atoms with Gasteiger partial charge in [0.05, 0.1) is 26.2 Å². The first kappa shape index (κ1) is 22.2. The molecule has 1 aromatic carbocycles. The van der Waals surface area contributed by atoms with E-state index in [9.17, 15) is 14.4 Å². The van der Waals surface area contributed by atoms with Crippen LogP contribution in [0.1, 0.15) is 15.9 Å². The average molecular weight is 443 g/mol. The van der Waals surface area contributed by atoms with Gasteiger partial charge in [-0.15, -0.1) is 0 Å². The van der Waals surface area contributed by atoms with Crippen LogP contribution < -0.4 is 19.5 Å². The number of carbonyl (C=O) groups excluding carboxylic acids is 3. The summed E-state index contributed by atoms with van der Waals surface area (Å²) in [4.78, 5) is 42.3. The van der Waals surface area contributed by atoms with Gasteiger partial charge in [0.2, 0.25) is 5.75 Å². The zero-order valence-corrected chi connectivity index (χ0v) is 18.0. The number of aromatic nitrogens is 1. The smallest absolute Gasteiger partial charge is 0.293 e. The third-order valence-corrected chi connectivity index (χ3v) is 5.33. The van der Waals surface area contributed by atoms with Crippen molar-refractivity contribution in [3.63, 3.8) is 0 Å². The normalized spacial score (nSPS) is 14.7. The molecule has 1 fully saturated rings. The topological polar surface area (TPSA) is 107 Å². The van der Waals surface area contributed by atoms with Crippen molar-refractivity contribution in [3.8, 4) is 17.2 Å². The Labute approximate surface area is 183 Å². The Kier molecular flexibility index (Phi) is 7.14. The van der Waals surface area contributed by atoms with Gasteiger partial charge >= 0.3 is 0 Å². The van der Waals surface area contributed by atoms with Gasteiger partial charge in [-0.1, -0.05) is 0 Å². The lowest BCUT2D eigenvalue weighted by molar-refractivity contribution is -0.122. The highest BCUT2D eigenvalue weighted by Gasteiger charge is 2.34. The molecule has 1 N–H and O–H groups in total. The van der Waals surface area contributed by atoms with Crippen molar-refractivity contribution in [1.82, 2.24) is 15.2 Å². The SMILES string of the molecule is COc1cc(/C=C2\SC(=O)N(CCNC(=O)c3ccncc3)C2=O)cc(OC)c1OC. The van der Waals surface area contributed by atoms with Gasteiger partial charge in [-0.25, -0.2) is 0 Å². The number of ether oxygens (including phenoxy) is 3. The lowest BCUT2D eigenvalue weighted by atomic mass is 10.1. The third kappa shape index (κ3) is 4.97. The Balaban J connectivity index is 1.70. The minimum absolute atomic E-state index is 0.0636. The van der Waals surface area contributed by atoms with Gasteiger partial charge in [-0.3, -0.25) is 24.3 Å². The number of thioether (sulfide) groups is 1. The van der Waals surface area contributed by atoms with Gasteiger partial charge in [0.1, 0.15) is 0 Å². The summed E-state index contributed by atoms with van der Waals surface area (Å²) < 4.78 is 15.9. The molecule has 0 bridgehead atoms. The molecule has 10 heteroatoms. The van der Waals surface area contributed by atoms with E-state index < -0.39 is 11.1 Å². The molecule has 0 radical (unpaired) electrons. The fourth-order valence-electron chi connectivity index (χ4n) is 2.92. The molecule has 0 unspecified atom stereocenters. The molecule has 162 valence electrons. The second kappa shape index (κ2) is 9.98. The number of hydrogen-bond donors (Lipinski definition) is 1. The van der Waals surface area contributed by atoms with Crippen molar-refractivity contribution in [2.75, 3.05) is 34.4 Å². The standard InChI is InChI=1S/C21H21N3O6S/c1-28-15-10-13(11-16(29-2)18(15)30-3)12-17-20(26)24(21(27)31-17)9-8-23-19(25)14-4-6-22-7-5-14/h4-7,10-12H,8-9H2,1-3H3,(H,23,25)/b17-12-. The van der Waals surface area contributed by atoms with Crippen LogP contribution in [0.5, 0.6) is 17.2 Å². The minimum atomic E-state index is -0.429. The van der Waals surface area contributed by atoms with E-state index in [1.165, 1.54) is 33.7 Å². The molecule has 0 spiro atoms. The molecule has 9 nitrogen and oxygen atoms in total. The number of hydrogen-bond acceptors (Lipinski definition) is 8. The quantitative estimate of drug-likeness (QED) is 0.621. The molecule has 2 heterocycles. The van der Waals surface area contributed by atoms with E-state index in [2.05, 4.69) is 10.3 Å². The predicted molar refractivity (Wildman–Crippen MR) is 115 cm³/mol. The molecular formula is C21H21N3O6S. The molecule has 3 rings (SSSR count). The van der Waals surface area contributed by atoms with Crippen molar-refractivity contribution in [2.45, 2.75) is 0 Å². The van der Waals surface area contributed by atoms with Gasteiger partial charge in [0.15, 0.2) is 11.5 Å². The second-order valence-electron chi connectivity index (χ2n) is 6.28. The highest BCUT2D eigenvalue weighted by atomic mass is 32.2. The molecule has 3 amide bonds. The predicted octanol–water partition coefficient (Wildman–Crippen LogP) is 2.57. The van der Waals surface area contributed by atoms with Gasteiger partial charge in [-0.05, 0) is 47.7 Å². The molecule has 2 aromatic rings. The van der Waals surface area contributed by atoms with Crippen LogP contribution in [0.2, 0.25) is 0 Å². The fraction of sp³-hybridized carbons (Fsp3) is 0.238. The maximum Gasteiger partial charge on any atom is 0.293 e. The molecular weight excluding hydrogens is 422 g/mol. The summed E-state index contributed by atoms with van der Waals surface area (Å²) in [5.74, 6) is 0.571. The van der Waals surface area contributed by atoms with Crippen molar-refractivity contribution < 1.29 is 28.6 Å². The number of methoxy groups -OCH3 is 3. The summed E-state index contributed by atoms with van der Waals surface area (Å²) in [6.07, 6.45) is 4.61. The molecule has 0 saturated carbocycles. The van der Waals surface area contributed by atoms with Crippen LogP contribution in [0.25, 0.3) is 6.08 Å². The molecule has 0 atom stereocenters. The van der Waals surface area contributed by atoms with E-state index in [1.807, 2.05) is 0 Å². The highest BCUT2D eigenvalue weighted by Crippen LogP contribution is 2.40. The molecule has 1 saturated heterocycles. The largest absolute Gasteiger partial charge is 0.493 e. The molecule has 1 aliphatic rings. The third-order valence-electron chi connectivity index (χ3n) is 4.42. The Morgan fingerprint density at radius 2 is 1.74 bits per heavy atom. The van der Waals surface area contributed by atoms with Crippen LogP contribution in [-0.2, 0) is 4.79 Å². The van der Waals surface area contributed by atoms with Gasteiger partial charge in [0, 0.05) is 31.0 Å². The Morgan fingerprint density at radius 1 is 1.10 bits per heavy atom. The molecule has 0 aliphatic carbocycles. The van der Waals surface area contributed by atoms with Crippen molar-refractivity contribution in [1.29, 1.82) is 0 Å². The number of carbonyl (C=O) groups is 3. The van der Waals surface area contributed by atoms with E-state index in [1.54, 1.807) is 30.3 Å². The minimum Gasteiger partial charge on any atom is -0.493 e. The van der Waals surface area contributed by atoms with E-state index in [0.29, 0.717) is 28.4 Å². The number of nitrogens with zero attached hydrogens (tertiary/aromatic N) is 2. The summed E-state index contributed by atoms with van der Waals surface area (Å²) in [7, 11) is 4.49. The maximum atomic E-state index is 12.7. The van der Waals surface area contributed by atoms with E-state index in [0.717, 1.165) is 16.7 Å². The van der Waals surface area contributed by atoms with E-state index in [-0.39, 0.29) is 23.9 Å². The van der Waals surface area contributed by atoms with Crippen molar-refractivity contribution in [3.05, 3.63) is 52.7 Å². The van der Waals surface area contributed by atoms with Crippen molar-refractivity contribution >= 4 is 34.9 Å². The first-order valence-corrected chi connectivity index (χ1v) is 10.0. The molecule has 1 aliphatic heterocycles. The zero-order valence-electron chi connectivity index (χ0n) is 17.2.